The molecule has 0 atom stereocenters. The van der Waals surface area contributed by atoms with E-state index < -0.39 is 0 Å². The molecule has 3 aromatic carbocycles. The van der Waals surface area contributed by atoms with Crippen molar-refractivity contribution in [2.75, 3.05) is 7.11 Å². The van der Waals surface area contributed by atoms with Crippen LogP contribution < -0.4 is 4.74 Å². The van der Waals surface area contributed by atoms with Crippen molar-refractivity contribution in [3.63, 3.8) is 0 Å². The van der Waals surface area contributed by atoms with Gasteiger partial charge in [-0.1, -0.05) is 59.8 Å². The maximum absolute atomic E-state index is 5.69. The fourth-order valence-corrected chi connectivity index (χ4v) is 4.35. The van der Waals surface area contributed by atoms with Crippen molar-refractivity contribution in [2.24, 2.45) is 0 Å². The van der Waals surface area contributed by atoms with E-state index in [0.29, 0.717) is 11.6 Å². The van der Waals surface area contributed by atoms with E-state index in [1.165, 1.54) is 5.56 Å². The number of thioether (sulfide) groups is 1. The lowest BCUT2D eigenvalue weighted by Gasteiger charge is -2.12. The van der Waals surface area contributed by atoms with Gasteiger partial charge in [0.25, 0.3) is 0 Å². The second-order valence-electron chi connectivity index (χ2n) is 7.48. The molecule has 5 aromatic rings. The fourth-order valence-electron chi connectivity index (χ4n) is 3.52. The van der Waals surface area contributed by atoms with Gasteiger partial charge in [-0.3, -0.25) is 4.57 Å². The third kappa shape index (κ3) is 4.40. The van der Waals surface area contributed by atoms with Gasteiger partial charge in [-0.05, 0) is 43.3 Å². The fraction of sp³-hybridized carbons (Fsp3) is 0.115. The second-order valence-corrected chi connectivity index (χ2v) is 8.42. The van der Waals surface area contributed by atoms with Crippen molar-refractivity contribution in [2.45, 2.75) is 17.8 Å². The average molecular weight is 455 g/mol. The zero-order valence-electron chi connectivity index (χ0n) is 18.3. The molecule has 0 amide bonds. The average Bonchev–Trinajstić information content (AvgIpc) is 3.51. The number of para-hydroxylation sites is 1. The van der Waals surface area contributed by atoms with E-state index in [2.05, 4.69) is 50.9 Å². The van der Waals surface area contributed by atoms with Crippen LogP contribution >= 0.6 is 11.8 Å². The number of rotatable bonds is 7. The maximum atomic E-state index is 5.69. The lowest BCUT2D eigenvalue weighted by molar-refractivity contribution is 0.416. The van der Waals surface area contributed by atoms with Crippen molar-refractivity contribution < 1.29 is 9.15 Å². The first-order valence-electron chi connectivity index (χ1n) is 10.5. The molecule has 0 N–H and O–H groups in total. The van der Waals surface area contributed by atoms with E-state index in [9.17, 15) is 0 Å². The highest BCUT2D eigenvalue weighted by molar-refractivity contribution is 7.98. The van der Waals surface area contributed by atoms with Gasteiger partial charge in [0.2, 0.25) is 5.89 Å². The number of benzene rings is 3. The van der Waals surface area contributed by atoms with Gasteiger partial charge in [0, 0.05) is 17.0 Å². The molecule has 0 saturated heterocycles. The lowest BCUT2D eigenvalue weighted by Crippen LogP contribution is -2.01. The predicted molar refractivity (Wildman–Crippen MR) is 130 cm³/mol. The quantitative estimate of drug-likeness (QED) is 0.273. The van der Waals surface area contributed by atoms with Crippen molar-refractivity contribution in [1.29, 1.82) is 0 Å². The van der Waals surface area contributed by atoms with Crippen LogP contribution in [0, 0.1) is 6.92 Å². The number of aromatic nitrogens is 4. The zero-order chi connectivity index (χ0) is 22.6. The van der Waals surface area contributed by atoms with Crippen LogP contribution in [0.3, 0.4) is 0 Å². The Morgan fingerprint density at radius 2 is 1.67 bits per heavy atom. The summed E-state index contributed by atoms with van der Waals surface area (Å²) in [5.74, 6) is 2.69. The third-order valence-corrected chi connectivity index (χ3v) is 6.16. The summed E-state index contributed by atoms with van der Waals surface area (Å²) >= 11 is 1.56. The van der Waals surface area contributed by atoms with Crippen LogP contribution in [-0.4, -0.2) is 26.9 Å². The molecule has 164 valence electrons. The van der Waals surface area contributed by atoms with Gasteiger partial charge in [0.05, 0.1) is 18.4 Å². The molecule has 0 saturated carbocycles. The van der Waals surface area contributed by atoms with Gasteiger partial charge in [-0.2, -0.15) is 0 Å². The van der Waals surface area contributed by atoms with Gasteiger partial charge in [0.1, 0.15) is 12.0 Å². The topological polar surface area (TPSA) is 66.0 Å². The van der Waals surface area contributed by atoms with Crippen molar-refractivity contribution in [3.8, 4) is 34.3 Å². The maximum Gasteiger partial charge on any atom is 0.226 e. The van der Waals surface area contributed by atoms with Crippen molar-refractivity contribution in [1.82, 2.24) is 19.7 Å². The molecule has 6 nitrogen and oxygen atoms in total. The first-order valence-corrected chi connectivity index (χ1v) is 11.5. The monoisotopic (exact) mass is 454 g/mol. The minimum atomic E-state index is 0.603. The standard InChI is InChI=1S/C26H22N4O2S/c1-18-12-14-21(15-13-18)30-24(22-10-6-7-11-23(22)31-2)28-29-26(30)33-17-20-16-32-25(27-20)19-8-4-3-5-9-19/h3-16H,17H2,1-2H3. The van der Waals surface area contributed by atoms with E-state index in [1.807, 2.05) is 54.6 Å². The van der Waals surface area contributed by atoms with E-state index >= 15 is 0 Å². The second kappa shape index (κ2) is 9.34. The van der Waals surface area contributed by atoms with Crippen LogP contribution in [0.4, 0.5) is 0 Å². The number of oxazole rings is 1. The zero-order valence-corrected chi connectivity index (χ0v) is 19.1. The molecule has 2 aromatic heterocycles. The summed E-state index contributed by atoms with van der Waals surface area (Å²) < 4.78 is 13.3. The summed E-state index contributed by atoms with van der Waals surface area (Å²) in [4.78, 5) is 4.64. The molecule has 5 rings (SSSR count). The molecule has 7 heteroatoms. The van der Waals surface area contributed by atoms with E-state index in [-0.39, 0.29) is 0 Å². The van der Waals surface area contributed by atoms with Gasteiger partial charge < -0.3 is 9.15 Å². The molecule has 0 aliphatic heterocycles. The number of hydrogen-bond acceptors (Lipinski definition) is 6. The lowest BCUT2D eigenvalue weighted by atomic mass is 10.1. The Bertz CT molecular complexity index is 1360. The minimum absolute atomic E-state index is 0.603. The Labute approximate surface area is 196 Å². The number of nitrogens with zero attached hydrogens (tertiary/aromatic N) is 4. The molecular formula is C26H22N4O2S. The highest BCUT2D eigenvalue weighted by atomic mass is 32.2. The highest BCUT2D eigenvalue weighted by Crippen LogP contribution is 2.34. The third-order valence-electron chi connectivity index (χ3n) is 5.20. The predicted octanol–water partition coefficient (Wildman–Crippen LogP) is 6.20. The first-order chi connectivity index (χ1) is 16.2. The van der Waals surface area contributed by atoms with Crippen LogP contribution in [0.25, 0.3) is 28.5 Å². The molecule has 33 heavy (non-hydrogen) atoms. The van der Waals surface area contributed by atoms with Gasteiger partial charge in [0.15, 0.2) is 11.0 Å². The summed E-state index contributed by atoms with van der Waals surface area (Å²) in [5.41, 5.74) is 4.86. The molecule has 2 heterocycles. The number of ether oxygens (including phenoxy) is 1. The number of aryl methyl sites for hydroxylation is 1. The van der Waals surface area contributed by atoms with Crippen LogP contribution in [0.15, 0.2) is 94.7 Å². The molecule has 0 fully saturated rings. The Morgan fingerprint density at radius 1 is 0.909 bits per heavy atom. The molecule has 0 bridgehead atoms. The normalized spacial score (nSPS) is 11.0. The summed E-state index contributed by atoms with van der Waals surface area (Å²) in [6.07, 6.45) is 1.70. The van der Waals surface area contributed by atoms with Gasteiger partial charge in [-0.15, -0.1) is 10.2 Å². The Hall–Kier alpha value is -3.84. The largest absolute Gasteiger partial charge is 0.496 e. The Balaban J connectivity index is 1.48. The van der Waals surface area contributed by atoms with E-state index in [4.69, 9.17) is 9.15 Å². The van der Waals surface area contributed by atoms with E-state index in [1.54, 1.807) is 25.1 Å². The van der Waals surface area contributed by atoms with E-state index in [0.717, 1.165) is 39.2 Å². The Kier molecular flexibility index (Phi) is 5.95. The SMILES string of the molecule is COc1ccccc1-c1nnc(SCc2coc(-c3ccccc3)n2)n1-c1ccc(C)cc1. The van der Waals surface area contributed by atoms with Crippen LogP contribution in [0.5, 0.6) is 5.75 Å². The molecule has 0 radical (unpaired) electrons. The molecule has 0 aliphatic rings. The summed E-state index contributed by atoms with van der Waals surface area (Å²) in [6.45, 7) is 2.07. The Morgan fingerprint density at radius 3 is 2.45 bits per heavy atom. The van der Waals surface area contributed by atoms with Gasteiger partial charge in [-0.25, -0.2) is 4.98 Å². The van der Waals surface area contributed by atoms with Crippen LogP contribution in [0.1, 0.15) is 11.3 Å². The smallest absolute Gasteiger partial charge is 0.226 e. The summed E-state index contributed by atoms with van der Waals surface area (Å²) in [6, 6.07) is 26.0. The van der Waals surface area contributed by atoms with Crippen LogP contribution in [0.2, 0.25) is 0 Å². The van der Waals surface area contributed by atoms with Crippen LogP contribution in [-0.2, 0) is 5.75 Å². The van der Waals surface area contributed by atoms with Crippen molar-refractivity contribution >= 4 is 11.8 Å². The molecule has 0 spiro atoms. The highest BCUT2D eigenvalue weighted by Gasteiger charge is 2.19. The number of hydrogen-bond donors (Lipinski definition) is 0. The van der Waals surface area contributed by atoms with Crippen molar-refractivity contribution in [3.05, 3.63) is 96.4 Å². The number of methoxy groups -OCH3 is 1. The molecule has 0 unspecified atom stereocenters. The van der Waals surface area contributed by atoms with Gasteiger partial charge >= 0.3 is 0 Å². The summed E-state index contributed by atoms with van der Waals surface area (Å²) in [7, 11) is 1.66. The molecule has 0 aliphatic carbocycles. The summed E-state index contributed by atoms with van der Waals surface area (Å²) in [5, 5.41) is 9.80. The first kappa shape index (κ1) is 21.0. The molecular weight excluding hydrogens is 432 g/mol. The minimum Gasteiger partial charge on any atom is -0.496 e.